The standard InChI is InChI=1S/C11H16N4O4/c16-10(17)5-8-7-19-4-3-15(8)11(18)14-6-9-12-1-2-13-9/h1-2,8H,3-7H2,(H,12,13)(H,14,18)(H,16,17). The van der Waals surface area contributed by atoms with Gasteiger partial charge in [-0.25, -0.2) is 9.78 Å². The van der Waals surface area contributed by atoms with Crippen LogP contribution in [0.3, 0.4) is 0 Å². The zero-order valence-corrected chi connectivity index (χ0v) is 10.3. The third kappa shape index (κ3) is 3.68. The van der Waals surface area contributed by atoms with Gasteiger partial charge in [0, 0.05) is 18.9 Å². The van der Waals surface area contributed by atoms with Crippen LogP contribution < -0.4 is 5.32 Å². The molecule has 1 atom stereocenters. The van der Waals surface area contributed by atoms with Gasteiger partial charge in [-0.05, 0) is 0 Å². The van der Waals surface area contributed by atoms with Crippen LogP contribution in [0.25, 0.3) is 0 Å². The average Bonchev–Trinajstić information content (AvgIpc) is 2.89. The Kier molecular flexibility index (Phi) is 4.35. The van der Waals surface area contributed by atoms with E-state index in [9.17, 15) is 9.59 Å². The maximum absolute atomic E-state index is 12.0. The number of amides is 2. The van der Waals surface area contributed by atoms with Gasteiger partial charge < -0.3 is 25.0 Å². The van der Waals surface area contributed by atoms with E-state index in [-0.39, 0.29) is 25.6 Å². The van der Waals surface area contributed by atoms with Gasteiger partial charge in [0.2, 0.25) is 0 Å². The third-order valence-electron chi connectivity index (χ3n) is 2.86. The van der Waals surface area contributed by atoms with Crippen molar-refractivity contribution in [3.63, 3.8) is 0 Å². The Balaban J connectivity index is 1.89. The number of hydrogen-bond acceptors (Lipinski definition) is 4. The molecular weight excluding hydrogens is 252 g/mol. The first-order valence-corrected chi connectivity index (χ1v) is 5.99. The van der Waals surface area contributed by atoms with Gasteiger partial charge in [0.25, 0.3) is 0 Å². The van der Waals surface area contributed by atoms with E-state index in [0.29, 0.717) is 19.0 Å². The van der Waals surface area contributed by atoms with Crippen LogP contribution in [0, 0.1) is 0 Å². The molecule has 1 aromatic rings. The molecular formula is C11H16N4O4. The molecule has 0 radical (unpaired) electrons. The SMILES string of the molecule is O=C(O)CC1COCCN1C(=O)NCc1ncc[nH]1. The van der Waals surface area contributed by atoms with Gasteiger partial charge in [-0.15, -0.1) is 0 Å². The van der Waals surface area contributed by atoms with E-state index in [1.54, 1.807) is 12.4 Å². The number of hydrogen-bond donors (Lipinski definition) is 3. The van der Waals surface area contributed by atoms with E-state index < -0.39 is 12.0 Å². The molecule has 0 spiro atoms. The summed E-state index contributed by atoms with van der Waals surface area (Å²) < 4.78 is 5.21. The summed E-state index contributed by atoms with van der Waals surface area (Å²) in [5.41, 5.74) is 0. The van der Waals surface area contributed by atoms with Crippen molar-refractivity contribution < 1.29 is 19.4 Å². The summed E-state index contributed by atoms with van der Waals surface area (Å²) in [6.45, 7) is 1.34. The van der Waals surface area contributed by atoms with Crippen LogP contribution in [0.5, 0.6) is 0 Å². The van der Waals surface area contributed by atoms with Crippen molar-refractivity contribution in [2.24, 2.45) is 0 Å². The molecule has 1 aliphatic rings. The third-order valence-corrected chi connectivity index (χ3v) is 2.86. The minimum absolute atomic E-state index is 0.117. The fourth-order valence-corrected chi connectivity index (χ4v) is 1.95. The van der Waals surface area contributed by atoms with Crippen LogP contribution in [-0.2, 0) is 16.1 Å². The molecule has 3 N–H and O–H groups in total. The molecule has 19 heavy (non-hydrogen) atoms. The van der Waals surface area contributed by atoms with Crippen molar-refractivity contribution in [3.8, 4) is 0 Å². The number of urea groups is 1. The van der Waals surface area contributed by atoms with Crippen LogP contribution in [0.1, 0.15) is 12.2 Å². The highest BCUT2D eigenvalue weighted by molar-refractivity contribution is 5.76. The van der Waals surface area contributed by atoms with Gasteiger partial charge in [-0.2, -0.15) is 0 Å². The minimum Gasteiger partial charge on any atom is -0.481 e. The molecule has 0 saturated carbocycles. The van der Waals surface area contributed by atoms with Crippen molar-refractivity contribution in [3.05, 3.63) is 18.2 Å². The molecule has 1 aromatic heterocycles. The summed E-state index contributed by atoms with van der Waals surface area (Å²) in [6.07, 6.45) is 3.15. The monoisotopic (exact) mass is 268 g/mol. The molecule has 0 aliphatic carbocycles. The molecule has 1 unspecified atom stereocenters. The number of carboxylic acid groups (broad SMARTS) is 1. The maximum Gasteiger partial charge on any atom is 0.318 e. The van der Waals surface area contributed by atoms with Gasteiger partial charge in [0.1, 0.15) is 5.82 Å². The fourth-order valence-electron chi connectivity index (χ4n) is 1.95. The molecule has 104 valence electrons. The number of rotatable bonds is 4. The summed E-state index contributed by atoms with van der Waals surface area (Å²) in [5, 5.41) is 11.5. The Morgan fingerprint density at radius 1 is 1.63 bits per heavy atom. The van der Waals surface area contributed by atoms with Crippen molar-refractivity contribution in [2.45, 2.75) is 19.0 Å². The van der Waals surface area contributed by atoms with E-state index in [1.807, 2.05) is 0 Å². The topological polar surface area (TPSA) is 108 Å². The molecule has 1 fully saturated rings. The highest BCUT2D eigenvalue weighted by Crippen LogP contribution is 2.11. The van der Waals surface area contributed by atoms with E-state index >= 15 is 0 Å². The zero-order valence-electron chi connectivity index (χ0n) is 10.3. The predicted octanol–water partition coefficient (Wildman–Crippen LogP) is -0.205. The fraction of sp³-hybridized carbons (Fsp3) is 0.545. The number of nitrogens with zero attached hydrogens (tertiary/aromatic N) is 2. The Hall–Kier alpha value is -2.09. The highest BCUT2D eigenvalue weighted by atomic mass is 16.5. The molecule has 2 heterocycles. The second-order valence-corrected chi connectivity index (χ2v) is 4.21. The van der Waals surface area contributed by atoms with Crippen molar-refractivity contribution in [2.75, 3.05) is 19.8 Å². The second kappa shape index (κ2) is 6.19. The number of morpholine rings is 1. The van der Waals surface area contributed by atoms with Gasteiger partial charge in [-0.3, -0.25) is 4.79 Å². The van der Waals surface area contributed by atoms with Crippen LogP contribution in [0.15, 0.2) is 12.4 Å². The quantitative estimate of drug-likeness (QED) is 0.700. The number of carboxylic acids is 1. The zero-order chi connectivity index (χ0) is 13.7. The van der Waals surface area contributed by atoms with Crippen LogP contribution in [0.4, 0.5) is 4.79 Å². The maximum atomic E-state index is 12.0. The lowest BCUT2D eigenvalue weighted by atomic mass is 10.1. The van der Waals surface area contributed by atoms with Crippen LogP contribution in [0.2, 0.25) is 0 Å². The number of carbonyl (C=O) groups is 2. The van der Waals surface area contributed by atoms with Crippen molar-refractivity contribution >= 4 is 12.0 Å². The highest BCUT2D eigenvalue weighted by Gasteiger charge is 2.28. The predicted molar refractivity (Wildman–Crippen MR) is 64.4 cm³/mol. The van der Waals surface area contributed by atoms with Crippen LogP contribution >= 0.6 is 0 Å². The number of aromatic nitrogens is 2. The van der Waals surface area contributed by atoms with Gasteiger partial charge in [0.05, 0.1) is 32.2 Å². The lowest BCUT2D eigenvalue weighted by molar-refractivity contribution is -0.139. The number of aliphatic carboxylic acids is 1. The molecule has 1 saturated heterocycles. The van der Waals surface area contributed by atoms with E-state index in [4.69, 9.17) is 9.84 Å². The Morgan fingerprint density at radius 2 is 2.47 bits per heavy atom. The largest absolute Gasteiger partial charge is 0.481 e. The summed E-state index contributed by atoms with van der Waals surface area (Å²) in [4.78, 5) is 31.1. The first-order valence-electron chi connectivity index (χ1n) is 5.99. The molecule has 2 rings (SSSR count). The molecule has 8 nitrogen and oxygen atoms in total. The van der Waals surface area contributed by atoms with Crippen molar-refractivity contribution in [1.29, 1.82) is 0 Å². The first-order chi connectivity index (χ1) is 9.16. The van der Waals surface area contributed by atoms with Gasteiger partial charge in [-0.1, -0.05) is 0 Å². The summed E-state index contributed by atoms with van der Waals surface area (Å²) in [5.74, 6) is -0.296. The summed E-state index contributed by atoms with van der Waals surface area (Å²) in [7, 11) is 0. The number of nitrogens with one attached hydrogen (secondary N) is 2. The number of ether oxygens (including phenoxy) is 1. The second-order valence-electron chi connectivity index (χ2n) is 4.21. The lowest BCUT2D eigenvalue weighted by Gasteiger charge is -2.34. The molecule has 8 heteroatoms. The Bertz CT molecular complexity index is 434. The molecule has 2 amide bonds. The Morgan fingerprint density at radius 3 is 3.16 bits per heavy atom. The number of aromatic amines is 1. The summed E-state index contributed by atoms with van der Waals surface area (Å²) >= 11 is 0. The normalized spacial score (nSPS) is 19.2. The molecule has 0 bridgehead atoms. The number of imidazole rings is 1. The first kappa shape index (κ1) is 13.3. The van der Waals surface area contributed by atoms with Crippen LogP contribution in [-0.4, -0.2) is 57.8 Å². The lowest BCUT2D eigenvalue weighted by Crippen LogP contribution is -2.53. The minimum atomic E-state index is -0.945. The Labute approximate surface area is 109 Å². The van der Waals surface area contributed by atoms with E-state index in [0.717, 1.165) is 0 Å². The molecule has 1 aliphatic heterocycles. The van der Waals surface area contributed by atoms with Gasteiger partial charge >= 0.3 is 12.0 Å². The average molecular weight is 268 g/mol. The van der Waals surface area contributed by atoms with E-state index in [1.165, 1.54) is 4.90 Å². The van der Waals surface area contributed by atoms with Gasteiger partial charge in [0.15, 0.2) is 0 Å². The number of H-pyrrole nitrogens is 1. The smallest absolute Gasteiger partial charge is 0.318 e. The van der Waals surface area contributed by atoms with E-state index in [2.05, 4.69) is 15.3 Å². The number of carbonyl (C=O) groups excluding carboxylic acids is 1. The molecule has 0 aromatic carbocycles. The summed E-state index contributed by atoms with van der Waals surface area (Å²) in [6, 6.07) is -0.728. The van der Waals surface area contributed by atoms with Crippen molar-refractivity contribution in [1.82, 2.24) is 20.2 Å².